The summed E-state index contributed by atoms with van der Waals surface area (Å²) >= 11 is 0. The van der Waals surface area contributed by atoms with E-state index in [-0.39, 0.29) is 0 Å². The van der Waals surface area contributed by atoms with E-state index in [0.29, 0.717) is 12.4 Å². The van der Waals surface area contributed by atoms with E-state index in [4.69, 9.17) is 5.73 Å². The Hall–Kier alpha value is -1.75. The van der Waals surface area contributed by atoms with Gasteiger partial charge in [0.1, 0.15) is 0 Å². The first-order chi connectivity index (χ1) is 6.79. The summed E-state index contributed by atoms with van der Waals surface area (Å²) in [5.74, 6) is 0.704. The highest BCUT2D eigenvalue weighted by atomic mass is 15.3. The summed E-state index contributed by atoms with van der Waals surface area (Å²) in [5, 5.41) is 4.12. The van der Waals surface area contributed by atoms with E-state index in [9.17, 15) is 0 Å². The summed E-state index contributed by atoms with van der Waals surface area (Å²) in [6.07, 6.45) is 6.99. The van der Waals surface area contributed by atoms with Crippen molar-refractivity contribution < 1.29 is 0 Å². The molecule has 2 heterocycles. The first-order valence-corrected chi connectivity index (χ1v) is 4.32. The first kappa shape index (κ1) is 8.83. The number of nitrogens with two attached hydrogens (primary N) is 1. The van der Waals surface area contributed by atoms with E-state index in [2.05, 4.69) is 15.1 Å². The fourth-order valence-electron chi connectivity index (χ4n) is 1.11. The van der Waals surface area contributed by atoms with Crippen molar-refractivity contribution in [1.82, 2.24) is 19.7 Å². The molecule has 0 unspecified atom stereocenters. The second-order valence-corrected chi connectivity index (χ2v) is 3.03. The van der Waals surface area contributed by atoms with Crippen LogP contribution in [-0.4, -0.2) is 19.7 Å². The molecule has 0 aromatic carbocycles. The highest BCUT2D eigenvalue weighted by Crippen LogP contribution is 2.03. The lowest BCUT2D eigenvalue weighted by atomic mass is 10.4. The number of hydrogen-bond acceptors (Lipinski definition) is 4. The van der Waals surface area contributed by atoms with Crippen LogP contribution < -0.4 is 5.73 Å². The zero-order chi connectivity index (χ0) is 9.97. The van der Waals surface area contributed by atoms with Gasteiger partial charge in [-0.15, -0.1) is 0 Å². The van der Waals surface area contributed by atoms with Gasteiger partial charge in [-0.1, -0.05) is 0 Å². The molecular formula is C9H11N5. The molecule has 0 radical (unpaired) electrons. The number of aromatic nitrogens is 4. The molecule has 0 spiro atoms. The maximum absolute atomic E-state index is 5.42. The smallest absolute Gasteiger partial charge is 0.171 e. The summed E-state index contributed by atoms with van der Waals surface area (Å²) in [6.45, 7) is 2.39. The molecule has 2 aromatic heterocycles. The minimum absolute atomic E-state index is 0.408. The van der Waals surface area contributed by atoms with E-state index in [1.165, 1.54) is 0 Å². The molecule has 0 amide bonds. The van der Waals surface area contributed by atoms with E-state index < -0.39 is 0 Å². The third-order valence-corrected chi connectivity index (χ3v) is 1.85. The van der Waals surface area contributed by atoms with Crippen LogP contribution in [0.1, 0.15) is 11.3 Å². The molecule has 0 fully saturated rings. The molecule has 0 saturated heterocycles. The van der Waals surface area contributed by atoms with Crippen molar-refractivity contribution in [2.75, 3.05) is 0 Å². The van der Waals surface area contributed by atoms with E-state index in [1.807, 2.05) is 13.1 Å². The predicted octanol–water partition coefficient (Wildman–Crippen LogP) is 0.429. The fraction of sp³-hybridized carbons (Fsp3) is 0.222. The zero-order valence-corrected chi connectivity index (χ0v) is 7.88. The lowest BCUT2D eigenvalue weighted by Crippen LogP contribution is -2.03. The average Bonchev–Trinajstić information content (AvgIpc) is 2.65. The van der Waals surface area contributed by atoms with Gasteiger partial charge in [-0.2, -0.15) is 5.10 Å². The zero-order valence-electron chi connectivity index (χ0n) is 7.88. The first-order valence-electron chi connectivity index (χ1n) is 4.32. The third-order valence-electron chi connectivity index (χ3n) is 1.85. The molecule has 72 valence electrons. The average molecular weight is 189 g/mol. The van der Waals surface area contributed by atoms with Gasteiger partial charge in [0.25, 0.3) is 0 Å². The van der Waals surface area contributed by atoms with Gasteiger partial charge in [0.15, 0.2) is 5.82 Å². The quantitative estimate of drug-likeness (QED) is 0.743. The summed E-state index contributed by atoms with van der Waals surface area (Å²) in [5.41, 5.74) is 7.29. The number of aryl methyl sites for hydroxylation is 1. The molecule has 5 nitrogen and oxygen atoms in total. The topological polar surface area (TPSA) is 69.6 Å². The molecule has 0 aliphatic rings. The van der Waals surface area contributed by atoms with Crippen molar-refractivity contribution in [3.8, 4) is 5.82 Å². The maximum atomic E-state index is 5.42. The Morgan fingerprint density at radius 3 is 2.64 bits per heavy atom. The lowest BCUT2D eigenvalue weighted by molar-refractivity contribution is 0.825. The number of hydrogen-bond donors (Lipinski definition) is 1. The molecule has 0 atom stereocenters. The summed E-state index contributed by atoms with van der Waals surface area (Å²) in [6, 6.07) is 0. The number of nitrogens with zero attached hydrogens (tertiary/aromatic N) is 4. The van der Waals surface area contributed by atoms with Crippen molar-refractivity contribution in [3.05, 3.63) is 36.0 Å². The van der Waals surface area contributed by atoms with Crippen LogP contribution in [-0.2, 0) is 6.54 Å². The Balaban J connectivity index is 2.33. The van der Waals surface area contributed by atoms with Crippen molar-refractivity contribution >= 4 is 0 Å². The highest BCUT2D eigenvalue weighted by Gasteiger charge is 1.99. The highest BCUT2D eigenvalue weighted by molar-refractivity contribution is 5.19. The van der Waals surface area contributed by atoms with Crippen LogP contribution >= 0.6 is 0 Å². The second-order valence-electron chi connectivity index (χ2n) is 3.03. The number of rotatable bonds is 2. The van der Waals surface area contributed by atoms with Crippen LogP contribution in [0.5, 0.6) is 0 Å². The standard InChI is InChI=1S/C9H11N5/c1-7-3-13-14(6-7)9-5-11-8(2-10)4-12-9/h3-6H,2,10H2,1H3. The Kier molecular flexibility index (Phi) is 2.24. The van der Waals surface area contributed by atoms with Gasteiger partial charge in [0.05, 0.1) is 24.3 Å². The van der Waals surface area contributed by atoms with E-state index in [1.54, 1.807) is 23.3 Å². The predicted molar refractivity (Wildman–Crippen MR) is 51.8 cm³/mol. The van der Waals surface area contributed by atoms with Crippen molar-refractivity contribution in [2.45, 2.75) is 13.5 Å². The fourth-order valence-corrected chi connectivity index (χ4v) is 1.11. The van der Waals surface area contributed by atoms with Crippen molar-refractivity contribution in [2.24, 2.45) is 5.73 Å². The molecule has 14 heavy (non-hydrogen) atoms. The van der Waals surface area contributed by atoms with Crippen molar-refractivity contribution in [1.29, 1.82) is 0 Å². The third kappa shape index (κ3) is 1.62. The molecule has 0 aliphatic heterocycles. The van der Waals surface area contributed by atoms with Crippen LogP contribution in [0.2, 0.25) is 0 Å². The molecular weight excluding hydrogens is 178 g/mol. The molecule has 0 aliphatic carbocycles. The maximum Gasteiger partial charge on any atom is 0.171 e. The van der Waals surface area contributed by atoms with Crippen LogP contribution in [0, 0.1) is 6.92 Å². The Labute approximate surface area is 81.6 Å². The summed E-state index contributed by atoms with van der Waals surface area (Å²) in [4.78, 5) is 8.33. The van der Waals surface area contributed by atoms with Crippen LogP contribution in [0.25, 0.3) is 5.82 Å². The lowest BCUT2D eigenvalue weighted by Gasteiger charge is -1.99. The molecule has 2 aromatic rings. The van der Waals surface area contributed by atoms with E-state index >= 15 is 0 Å². The Morgan fingerprint density at radius 1 is 1.29 bits per heavy atom. The van der Waals surface area contributed by atoms with Gasteiger partial charge >= 0.3 is 0 Å². The monoisotopic (exact) mass is 189 g/mol. The second kappa shape index (κ2) is 3.55. The SMILES string of the molecule is Cc1cnn(-c2cnc(CN)cn2)c1. The Morgan fingerprint density at radius 2 is 2.14 bits per heavy atom. The normalized spacial score (nSPS) is 10.4. The van der Waals surface area contributed by atoms with Crippen LogP contribution in [0.15, 0.2) is 24.8 Å². The van der Waals surface area contributed by atoms with Gasteiger partial charge in [-0.25, -0.2) is 9.67 Å². The van der Waals surface area contributed by atoms with Gasteiger partial charge in [0.2, 0.25) is 0 Å². The molecule has 0 saturated carbocycles. The molecule has 2 rings (SSSR count). The van der Waals surface area contributed by atoms with E-state index in [0.717, 1.165) is 11.3 Å². The molecule has 0 bridgehead atoms. The summed E-state index contributed by atoms with van der Waals surface area (Å²) in [7, 11) is 0. The summed E-state index contributed by atoms with van der Waals surface area (Å²) < 4.78 is 1.68. The molecule has 2 N–H and O–H groups in total. The Bertz CT molecular complexity index is 417. The van der Waals surface area contributed by atoms with Gasteiger partial charge in [-0.05, 0) is 12.5 Å². The largest absolute Gasteiger partial charge is 0.325 e. The van der Waals surface area contributed by atoms with Gasteiger partial charge in [-0.3, -0.25) is 4.98 Å². The van der Waals surface area contributed by atoms with Gasteiger partial charge in [0, 0.05) is 12.7 Å². The van der Waals surface area contributed by atoms with Gasteiger partial charge < -0.3 is 5.73 Å². The van der Waals surface area contributed by atoms with Crippen molar-refractivity contribution in [3.63, 3.8) is 0 Å². The van der Waals surface area contributed by atoms with Crippen LogP contribution in [0.3, 0.4) is 0 Å². The minimum Gasteiger partial charge on any atom is -0.325 e. The minimum atomic E-state index is 0.408. The molecule has 5 heteroatoms. The van der Waals surface area contributed by atoms with Crippen LogP contribution in [0.4, 0.5) is 0 Å².